The third-order valence-corrected chi connectivity index (χ3v) is 3.50. The molecule has 3 aromatic rings. The third kappa shape index (κ3) is 2.72. The molecule has 0 spiro atoms. The Hall–Kier alpha value is -3.33. The number of anilines is 1. The number of aromatic nitrogens is 2. The van der Waals surface area contributed by atoms with Crippen molar-refractivity contribution >= 4 is 22.4 Å². The first-order valence-electron chi connectivity index (χ1n) is 7.03. The van der Waals surface area contributed by atoms with Crippen LogP contribution in [-0.2, 0) is 7.05 Å². The fourth-order valence-corrected chi connectivity index (χ4v) is 2.34. The first-order valence-corrected chi connectivity index (χ1v) is 7.03. The zero-order chi connectivity index (χ0) is 16.2. The predicted octanol–water partition coefficient (Wildman–Crippen LogP) is 2.92. The summed E-state index contributed by atoms with van der Waals surface area (Å²) in [5.74, 6) is 1.16. The Balaban J connectivity index is 1.98. The zero-order valence-corrected chi connectivity index (χ0v) is 12.8. The van der Waals surface area contributed by atoms with Crippen LogP contribution in [0.15, 0.2) is 53.6 Å². The van der Waals surface area contributed by atoms with Crippen molar-refractivity contribution in [1.82, 2.24) is 9.55 Å². The summed E-state index contributed by atoms with van der Waals surface area (Å²) < 4.78 is 7.10. The van der Waals surface area contributed by atoms with Crippen LogP contribution in [0.1, 0.15) is 5.82 Å². The van der Waals surface area contributed by atoms with Crippen LogP contribution in [0.5, 0.6) is 5.75 Å². The fourth-order valence-electron chi connectivity index (χ4n) is 2.34. The number of fused-ring (bicyclic) bond motifs is 1. The predicted molar refractivity (Wildman–Crippen MR) is 89.5 cm³/mol. The highest BCUT2D eigenvalue weighted by Crippen LogP contribution is 2.23. The van der Waals surface area contributed by atoms with Gasteiger partial charge in [-0.3, -0.25) is 5.43 Å². The van der Waals surface area contributed by atoms with Crippen molar-refractivity contribution in [1.29, 1.82) is 5.26 Å². The quantitative estimate of drug-likeness (QED) is 0.594. The van der Waals surface area contributed by atoms with Gasteiger partial charge >= 0.3 is 0 Å². The molecule has 0 atom stereocenters. The van der Waals surface area contributed by atoms with Gasteiger partial charge in [-0.2, -0.15) is 10.4 Å². The van der Waals surface area contributed by atoms with Gasteiger partial charge in [-0.1, -0.05) is 24.3 Å². The van der Waals surface area contributed by atoms with Crippen molar-refractivity contribution in [2.45, 2.75) is 0 Å². The Kier molecular flexibility index (Phi) is 3.93. The van der Waals surface area contributed by atoms with E-state index in [4.69, 9.17) is 4.74 Å². The summed E-state index contributed by atoms with van der Waals surface area (Å²) in [5, 5.41) is 13.6. The lowest BCUT2D eigenvalue weighted by atomic mass is 10.3. The summed E-state index contributed by atoms with van der Waals surface area (Å²) in [7, 11) is 3.45. The molecule has 0 fully saturated rings. The van der Waals surface area contributed by atoms with Gasteiger partial charge in [0.15, 0.2) is 5.82 Å². The molecule has 1 N–H and O–H groups in total. The normalized spacial score (nSPS) is 11.3. The molecule has 6 nitrogen and oxygen atoms in total. The van der Waals surface area contributed by atoms with E-state index in [9.17, 15) is 5.26 Å². The lowest BCUT2D eigenvalue weighted by molar-refractivity contribution is 0.416. The summed E-state index contributed by atoms with van der Waals surface area (Å²) in [5.41, 5.74) is 5.53. The van der Waals surface area contributed by atoms with Crippen molar-refractivity contribution in [3.63, 3.8) is 0 Å². The minimum absolute atomic E-state index is 0.203. The third-order valence-electron chi connectivity index (χ3n) is 3.50. The van der Waals surface area contributed by atoms with E-state index >= 15 is 0 Å². The minimum Gasteiger partial charge on any atom is -0.495 e. The smallest absolute Gasteiger partial charge is 0.203 e. The van der Waals surface area contributed by atoms with Gasteiger partial charge in [0.25, 0.3) is 0 Å². The van der Waals surface area contributed by atoms with Gasteiger partial charge in [0.1, 0.15) is 11.8 Å². The summed E-state index contributed by atoms with van der Waals surface area (Å²) in [6.45, 7) is 0. The Labute approximate surface area is 133 Å². The Morgan fingerprint density at radius 1 is 1.22 bits per heavy atom. The highest BCUT2D eigenvalue weighted by molar-refractivity contribution is 6.11. The Morgan fingerprint density at radius 3 is 2.70 bits per heavy atom. The van der Waals surface area contributed by atoms with Crippen LogP contribution >= 0.6 is 0 Å². The maximum absolute atomic E-state index is 9.43. The second kappa shape index (κ2) is 6.20. The number of nitriles is 1. The van der Waals surface area contributed by atoms with Crippen LogP contribution < -0.4 is 10.2 Å². The minimum atomic E-state index is 0.203. The average molecular weight is 305 g/mol. The summed E-state index contributed by atoms with van der Waals surface area (Å²) in [6.07, 6.45) is 0. The molecule has 0 aliphatic rings. The molecule has 114 valence electrons. The number of ether oxygens (including phenoxy) is 1. The Morgan fingerprint density at radius 2 is 1.96 bits per heavy atom. The van der Waals surface area contributed by atoms with Crippen LogP contribution in [0.3, 0.4) is 0 Å². The molecular weight excluding hydrogens is 290 g/mol. The van der Waals surface area contributed by atoms with Crippen molar-refractivity contribution in [2.75, 3.05) is 12.5 Å². The van der Waals surface area contributed by atoms with Crippen LogP contribution in [0.2, 0.25) is 0 Å². The van der Waals surface area contributed by atoms with E-state index in [2.05, 4.69) is 21.6 Å². The summed E-state index contributed by atoms with van der Waals surface area (Å²) in [6, 6.07) is 17.2. The van der Waals surface area contributed by atoms with Crippen LogP contribution in [0.4, 0.5) is 5.69 Å². The van der Waals surface area contributed by atoms with Crippen molar-refractivity contribution in [2.24, 2.45) is 12.1 Å². The van der Waals surface area contributed by atoms with Gasteiger partial charge in [0.05, 0.1) is 23.8 Å². The summed E-state index contributed by atoms with van der Waals surface area (Å²) in [4.78, 5) is 4.48. The lowest BCUT2D eigenvalue weighted by Gasteiger charge is -2.07. The zero-order valence-electron chi connectivity index (χ0n) is 12.8. The number of hydrazone groups is 1. The van der Waals surface area contributed by atoms with E-state index in [0.29, 0.717) is 17.3 Å². The van der Waals surface area contributed by atoms with E-state index < -0.39 is 0 Å². The van der Waals surface area contributed by atoms with Crippen molar-refractivity contribution < 1.29 is 4.74 Å². The SMILES string of the molecule is COc1ccccc1N/N=C(/C#N)c1nc2ccccc2n1C. The molecule has 0 radical (unpaired) electrons. The van der Waals surface area contributed by atoms with Gasteiger partial charge in [0.2, 0.25) is 5.71 Å². The number of imidazole rings is 1. The standard InChI is InChI=1S/C17H15N5O/c1-22-15-9-5-3-7-12(15)19-17(22)14(11-18)21-20-13-8-4-6-10-16(13)23-2/h3-10,20H,1-2H3/b21-14-. The first kappa shape index (κ1) is 14.6. The number of hydrogen-bond donors (Lipinski definition) is 1. The van der Waals surface area contributed by atoms with Crippen LogP contribution in [-0.4, -0.2) is 22.4 Å². The number of nitrogens with one attached hydrogen (secondary N) is 1. The molecule has 0 amide bonds. The number of para-hydroxylation sites is 4. The molecule has 23 heavy (non-hydrogen) atoms. The van der Waals surface area contributed by atoms with Crippen LogP contribution in [0, 0.1) is 11.3 Å². The largest absolute Gasteiger partial charge is 0.495 e. The van der Waals surface area contributed by atoms with Crippen LogP contribution in [0.25, 0.3) is 11.0 Å². The number of hydrogen-bond acceptors (Lipinski definition) is 5. The van der Waals surface area contributed by atoms with Gasteiger partial charge in [-0.25, -0.2) is 4.98 Å². The number of benzene rings is 2. The lowest BCUT2D eigenvalue weighted by Crippen LogP contribution is -2.09. The average Bonchev–Trinajstić information content (AvgIpc) is 2.93. The number of methoxy groups -OCH3 is 1. The molecule has 0 bridgehead atoms. The molecule has 2 aromatic carbocycles. The molecule has 0 unspecified atom stereocenters. The molecule has 6 heteroatoms. The topological polar surface area (TPSA) is 75.2 Å². The van der Waals surface area contributed by atoms with Crippen molar-refractivity contribution in [3.05, 3.63) is 54.4 Å². The second-order valence-electron chi connectivity index (χ2n) is 4.87. The van der Waals surface area contributed by atoms with E-state index in [-0.39, 0.29) is 5.71 Å². The molecule has 1 heterocycles. The van der Waals surface area contributed by atoms with E-state index in [1.54, 1.807) is 7.11 Å². The van der Waals surface area contributed by atoms with E-state index in [1.807, 2.05) is 60.1 Å². The number of aryl methyl sites for hydroxylation is 1. The molecule has 0 saturated carbocycles. The maximum Gasteiger partial charge on any atom is 0.203 e. The molecule has 0 aliphatic carbocycles. The van der Waals surface area contributed by atoms with E-state index in [0.717, 1.165) is 11.0 Å². The number of rotatable bonds is 4. The summed E-state index contributed by atoms with van der Waals surface area (Å²) >= 11 is 0. The maximum atomic E-state index is 9.43. The molecule has 1 aromatic heterocycles. The highest BCUT2D eigenvalue weighted by Gasteiger charge is 2.13. The monoisotopic (exact) mass is 305 g/mol. The highest BCUT2D eigenvalue weighted by atomic mass is 16.5. The number of nitrogens with zero attached hydrogens (tertiary/aromatic N) is 4. The Bertz CT molecular complexity index is 920. The fraction of sp³-hybridized carbons (Fsp3) is 0.118. The van der Waals surface area contributed by atoms with E-state index in [1.165, 1.54) is 0 Å². The van der Waals surface area contributed by atoms with Gasteiger partial charge in [0, 0.05) is 7.05 Å². The van der Waals surface area contributed by atoms with Gasteiger partial charge in [-0.15, -0.1) is 0 Å². The first-order chi connectivity index (χ1) is 11.2. The molecular formula is C17H15N5O. The van der Waals surface area contributed by atoms with Crippen molar-refractivity contribution in [3.8, 4) is 11.8 Å². The van der Waals surface area contributed by atoms with Gasteiger partial charge in [-0.05, 0) is 24.3 Å². The molecule has 3 rings (SSSR count). The second-order valence-corrected chi connectivity index (χ2v) is 4.87. The van der Waals surface area contributed by atoms with Gasteiger partial charge < -0.3 is 9.30 Å². The molecule has 0 aliphatic heterocycles. The molecule has 0 saturated heterocycles.